The third-order valence-electron chi connectivity index (χ3n) is 5.21. The number of methoxy groups -OCH3 is 2. The highest BCUT2D eigenvalue weighted by molar-refractivity contribution is 5.96. The molecule has 0 bridgehead atoms. The Hall–Kier alpha value is -3.28. The van der Waals surface area contributed by atoms with E-state index in [4.69, 9.17) is 9.47 Å². The fraction of sp³-hybridized carbons (Fsp3) is 0.333. The quantitative estimate of drug-likeness (QED) is 0.616. The van der Waals surface area contributed by atoms with Gasteiger partial charge in [-0.2, -0.15) is 5.10 Å². The van der Waals surface area contributed by atoms with Gasteiger partial charge in [0.15, 0.2) is 11.5 Å². The zero-order chi connectivity index (χ0) is 21.7. The second kappa shape index (κ2) is 9.48. The Morgan fingerprint density at radius 1 is 0.967 bits per heavy atom. The highest BCUT2D eigenvalue weighted by atomic mass is 16.5. The second-order valence-electron chi connectivity index (χ2n) is 7.38. The number of nitrogens with one attached hydrogen (secondary N) is 1. The van der Waals surface area contributed by atoms with Gasteiger partial charge in [-0.1, -0.05) is 35.9 Å². The first kappa shape index (κ1) is 21.4. The van der Waals surface area contributed by atoms with Gasteiger partial charge >= 0.3 is 0 Å². The van der Waals surface area contributed by atoms with E-state index in [1.54, 1.807) is 14.2 Å². The molecule has 0 spiro atoms. The maximum Gasteiger partial charge on any atom is 0.255 e. The molecule has 0 saturated carbocycles. The van der Waals surface area contributed by atoms with Gasteiger partial charge < -0.3 is 14.8 Å². The van der Waals surface area contributed by atoms with Crippen LogP contribution in [-0.2, 0) is 13.0 Å². The van der Waals surface area contributed by atoms with Crippen LogP contribution in [0.4, 0.5) is 0 Å². The molecule has 3 rings (SSSR count). The number of hydrogen-bond acceptors (Lipinski definition) is 4. The van der Waals surface area contributed by atoms with Crippen LogP contribution >= 0.6 is 0 Å². The van der Waals surface area contributed by atoms with Gasteiger partial charge in [0.2, 0.25) is 0 Å². The molecule has 2 aromatic carbocycles. The summed E-state index contributed by atoms with van der Waals surface area (Å²) in [6.07, 6.45) is 0.696. The highest BCUT2D eigenvalue weighted by Crippen LogP contribution is 2.27. The molecule has 1 heterocycles. The van der Waals surface area contributed by atoms with Crippen LogP contribution in [-0.4, -0.2) is 36.5 Å². The molecule has 0 fully saturated rings. The van der Waals surface area contributed by atoms with Crippen LogP contribution in [0.2, 0.25) is 0 Å². The Morgan fingerprint density at radius 3 is 2.30 bits per heavy atom. The molecular weight excluding hydrogens is 378 g/mol. The molecule has 0 unspecified atom stereocenters. The molecule has 0 atom stereocenters. The highest BCUT2D eigenvalue weighted by Gasteiger charge is 2.18. The van der Waals surface area contributed by atoms with Gasteiger partial charge in [0.1, 0.15) is 0 Å². The minimum absolute atomic E-state index is 0.0966. The molecule has 158 valence electrons. The van der Waals surface area contributed by atoms with Crippen molar-refractivity contribution < 1.29 is 14.3 Å². The summed E-state index contributed by atoms with van der Waals surface area (Å²) in [5.41, 5.74) is 5.71. The van der Waals surface area contributed by atoms with Crippen LogP contribution in [0.3, 0.4) is 0 Å². The Labute approximate surface area is 177 Å². The number of rotatable bonds is 8. The third kappa shape index (κ3) is 4.82. The largest absolute Gasteiger partial charge is 0.493 e. The number of hydrogen-bond donors (Lipinski definition) is 1. The molecule has 0 aliphatic carbocycles. The Bertz CT molecular complexity index is 1020. The molecule has 6 heteroatoms. The predicted octanol–water partition coefficient (Wildman–Crippen LogP) is 3.85. The standard InChI is InChI=1S/C24H29N3O3/c1-16-6-8-20(9-7-16)15-27-18(3)23(17(2)26-27)24(28)25-13-12-19-10-11-21(29-4)22(14-19)30-5/h6-11,14H,12-13,15H2,1-5H3,(H,25,28). The minimum atomic E-state index is -0.0966. The molecule has 3 aromatic rings. The van der Waals surface area contributed by atoms with Crippen molar-refractivity contribution in [3.63, 3.8) is 0 Å². The Kier molecular flexibility index (Phi) is 6.77. The van der Waals surface area contributed by atoms with E-state index in [2.05, 4.69) is 41.6 Å². The molecule has 0 aliphatic heterocycles. The smallest absolute Gasteiger partial charge is 0.255 e. The normalized spacial score (nSPS) is 10.7. The minimum Gasteiger partial charge on any atom is -0.493 e. The van der Waals surface area contributed by atoms with E-state index in [0.29, 0.717) is 36.6 Å². The average Bonchev–Trinajstić information content (AvgIpc) is 3.02. The van der Waals surface area contributed by atoms with Crippen LogP contribution < -0.4 is 14.8 Å². The summed E-state index contributed by atoms with van der Waals surface area (Å²) >= 11 is 0. The maximum absolute atomic E-state index is 12.8. The molecule has 1 aromatic heterocycles. The van der Waals surface area contributed by atoms with Crippen LogP contribution in [0.25, 0.3) is 0 Å². The number of benzene rings is 2. The van der Waals surface area contributed by atoms with Crippen molar-refractivity contribution in [2.75, 3.05) is 20.8 Å². The van der Waals surface area contributed by atoms with E-state index in [-0.39, 0.29) is 5.91 Å². The van der Waals surface area contributed by atoms with Gasteiger partial charge in [0, 0.05) is 12.2 Å². The first-order chi connectivity index (χ1) is 14.4. The van der Waals surface area contributed by atoms with Crippen LogP contribution in [0.5, 0.6) is 11.5 Å². The van der Waals surface area contributed by atoms with Crippen LogP contribution in [0, 0.1) is 20.8 Å². The van der Waals surface area contributed by atoms with E-state index >= 15 is 0 Å². The van der Waals surface area contributed by atoms with E-state index in [1.807, 2.05) is 36.7 Å². The number of nitrogens with zero attached hydrogens (tertiary/aromatic N) is 2. The van der Waals surface area contributed by atoms with Gasteiger partial charge in [-0.15, -0.1) is 0 Å². The number of carbonyl (C=O) groups is 1. The lowest BCUT2D eigenvalue weighted by Crippen LogP contribution is -2.26. The van der Waals surface area contributed by atoms with Crippen molar-refractivity contribution in [3.8, 4) is 11.5 Å². The molecule has 30 heavy (non-hydrogen) atoms. The topological polar surface area (TPSA) is 65.4 Å². The van der Waals surface area contributed by atoms with E-state index in [0.717, 1.165) is 22.5 Å². The average molecular weight is 408 g/mol. The molecule has 0 aliphatic rings. The number of amides is 1. The summed E-state index contributed by atoms with van der Waals surface area (Å²) in [5, 5.41) is 7.60. The second-order valence-corrected chi connectivity index (χ2v) is 7.38. The SMILES string of the molecule is COc1ccc(CCNC(=O)c2c(C)nn(Cc3ccc(C)cc3)c2C)cc1OC. The lowest BCUT2D eigenvalue weighted by atomic mass is 10.1. The van der Waals surface area contributed by atoms with Crippen molar-refractivity contribution in [3.05, 3.63) is 76.1 Å². The lowest BCUT2D eigenvalue weighted by molar-refractivity contribution is 0.0953. The van der Waals surface area contributed by atoms with E-state index < -0.39 is 0 Å². The zero-order valence-electron chi connectivity index (χ0n) is 18.3. The van der Waals surface area contributed by atoms with Crippen molar-refractivity contribution in [2.45, 2.75) is 33.7 Å². The number of aryl methyl sites for hydroxylation is 2. The Balaban J connectivity index is 1.64. The molecule has 6 nitrogen and oxygen atoms in total. The summed E-state index contributed by atoms with van der Waals surface area (Å²) in [4.78, 5) is 12.8. The van der Waals surface area contributed by atoms with Crippen LogP contribution in [0.15, 0.2) is 42.5 Å². The van der Waals surface area contributed by atoms with E-state index in [9.17, 15) is 4.79 Å². The molecule has 1 amide bonds. The summed E-state index contributed by atoms with van der Waals surface area (Å²) in [7, 11) is 3.23. The zero-order valence-corrected chi connectivity index (χ0v) is 18.3. The molecule has 0 saturated heterocycles. The van der Waals surface area contributed by atoms with Crippen molar-refractivity contribution in [1.82, 2.24) is 15.1 Å². The Morgan fingerprint density at radius 2 is 1.63 bits per heavy atom. The number of carbonyl (C=O) groups excluding carboxylic acids is 1. The summed E-state index contributed by atoms with van der Waals surface area (Å²) in [5.74, 6) is 1.28. The lowest BCUT2D eigenvalue weighted by Gasteiger charge is -2.10. The van der Waals surface area contributed by atoms with E-state index in [1.165, 1.54) is 5.56 Å². The summed E-state index contributed by atoms with van der Waals surface area (Å²) < 4.78 is 12.5. The monoisotopic (exact) mass is 407 g/mol. The van der Waals surface area contributed by atoms with Gasteiger partial charge in [0.25, 0.3) is 5.91 Å². The molecule has 1 N–H and O–H groups in total. The van der Waals surface area contributed by atoms with Gasteiger partial charge in [-0.25, -0.2) is 0 Å². The van der Waals surface area contributed by atoms with Gasteiger partial charge in [-0.3, -0.25) is 9.48 Å². The van der Waals surface area contributed by atoms with Crippen molar-refractivity contribution in [1.29, 1.82) is 0 Å². The first-order valence-corrected chi connectivity index (χ1v) is 10.0. The number of aromatic nitrogens is 2. The fourth-order valence-corrected chi connectivity index (χ4v) is 3.49. The predicted molar refractivity (Wildman–Crippen MR) is 118 cm³/mol. The van der Waals surface area contributed by atoms with Gasteiger partial charge in [0.05, 0.1) is 32.0 Å². The summed E-state index contributed by atoms with van der Waals surface area (Å²) in [6.45, 7) is 7.05. The first-order valence-electron chi connectivity index (χ1n) is 10.0. The van der Waals surface area contributed by atoms with Crippen molar-refractivity contribution in [2.24, 2.45) is 0 Å². The number of ether oxygens (including phenoxy) is 2. The molecule has 0 radical (unpaired) electrons. The third-order valence-corrected chi connectivity index (χ3v) is 5.21. The van der Waals surface area contributed by atoms with Crippen molar-refractivity contribution >= 4 is 5.91 Å². The van der Waals surface area contributed by atoms with Gasteiger partial charge in [-0.05, 0) is 50.5 Å². The van der Waals surface area contributed by atoms with Crippen LogP contribution in [0.1, 0.15) is 38.4 Å². The maximum atomic E-state index is 12.8. The fourth-order valence-electron chi connectivity index (χ4n) is 3.49. The summed E-state index contributed by atoms with van der Waals surface area (Å²) in [6, 6.07) is 14.1. The molecular formula is C24H29N3O3.